The molecule has 0 aliphatic carbocycles. The third-order valence-corrected chi connectivity index (χ3v) is 4.03. The minimum absolute atomic E-state index is 0.683. The first-order valence-electron chi connectivity index (χ1n) is 7.48. The summed E-state index contributed by atoms with van der Waals surface area (Å²) < 4.78 is 0. The average Bonchev–Trinajstić information content (AvgIpc) is 2.36. The van der Waals surface area contributed by atoms with Gasteiger partial charge >= 0.3 is 0 Å². The van der Waals surface area contributed by atoms with Crippen molar-refractivity contribution in [1.29, 1.82) is 0 Å². The maximum atomic E-state index is 6.07. The van der Waals surface area contributed by atoms with Gasteiger partial charge in [0.25, 0.3) is 0 Å². The molecule has 1 aromatic carbocycles. The van der Waals surface area contributed by atoms with E-state index in [1.807, 2.05) is 12.1 Å². The Labute approximate surface area is 123 Å². The van der Waals surface area contributed by atoms with Crippen molar-refractivity contribution < 1.29 is 0 Å². The second kappa shape index (κ2) is 8.60. The molecule has 0 aliphatic heterocycles. The molecule has 0 saturated heterocycles. The maximum Gasteiger partial charge on any atom is 0.0408 e. The van der Waals surface area contributed by atoms with Crippen LogP contribution >= 0.6 is 11.6 Å². The van der Waals surface area contributed by atoms with E-state index in [-0.39, 0.29) is 0 Å². The lowest BCUT2D eigenvalue weighted by molar-refractivity contribution is 0.324. The van der Waals surface area contributed by atoms with Crippen LogP contribution in [0, 0.1) is 17.8 Å². The van der Waals surface area contributed by atoms with E-state index in [9.17, 15) is 0 Å². The number of rotatable bonds is 8. The van der Waals surface area contributed by atoms with Crippen LogP contribution in [-0.4, -0.2) is 13.1 Å². The van der Waals surface area contributed by atoms with Crippen molar-refractivity contribution in [3.05, 3.63) is 34.9 Å². The molecule has 19 heavy (non-hydrogen) atoms. The van der Waals surface area contributed by atoms with Crippen LogP contribution in [0.5, 0.6) is 0 Å². The van der Waals surface area contributed by atoms with Crippen LogP contribution in [0.3, 0.4) is 0 Å². The van der Waals surface area contributed by atoms with E-state index in [4.69, 9.17) is 11.6 Å². The molecule has 0 fully saturated rings. The molecule has 0 spiro atoms. The molecule has 0 saturated carbocycles. The van der Waals surface area contributed by atoms with Gasteiger partial charge in [0, 0.05) is 5.02 Å². The topological polar surface area (TPSA) is 12.0 Å². The first-order valence-corrected chi connectivity index (χ1v) is 7.85. The van der Waals surface area contributed by atoms with Crippen LogP contribution in [-0.2, 0) is 6.42 Å². The van der Waals surface area contributed by atoms with E-state index < -0.39 is 0 Å². The lowest BCUT2D eigenvalue weighted by Crippen LogP contribution is -2.31. The van der Waals surface area contributed by atoms with E-state index in [0.29, 0.717) is 11.8 Å². The Bertz CT molecular complexity index is 362. The summed E-state index contributed by atoms with van der Waals surface area (Å²) in [5, 5.41) is 4.45. The molecule has 108 valence electrons. The summed E-state index contributed by atoms with van der Waals surface area (Å²) >= 11 is 6.07. The van der Waals surface area contributed by atoms with Crippen molar-refractivity contribution in [2.45, 2.75) is 40.5 Å². The molecule has 1 aromatic rings. The van der Waals surface area contributed by atoms with Gasteiger partial charge in [-0.2, -0.15) is 0 Å². The van der Waals surface area contributed by atoms with Crippen LogP contribution in [0.1, 0.15) is 39.7 Å². The zero-order valence-corrected chi connectivity index (χ0v) is 13.5. The molecule has 0 heterocycles. The molecule has 2 unspecified atom stereocenters. The summed E-state index contributed by atoms with van der Waals surface area (Å²) in [6.45, 7) is 11.3. The van der Waals surface area contributed by atoms with Gasteiger partial charge < -0.3 is 5.32 Å². The summed E-state index contributed by atoms with van der Waals surface area (Å²) in [5.74, 6) is 2.13. The first-order chi connectivity index (χ1) is 9.02. The Morgan fingerprint density at radius 3 is 2.47 bits per heavy atom. The normalized spacial score (nSPS) is 14.6. The van der Waals surface area contributed by atoms with Crippen LogP contribution in [0.2, 0.25) is 5.02 Å². The molecule has 0 aliphatic rings. The smallest absolute Gasteiger partial charge is 0.0408 e. The van der Waals surface area contributed by atoms with E-state index in [1.54, 1.807) is 0 Å². The molecule has 0 aromatic heterocycles. The standard InChI is InChI=1S/C17H28ClN/c1-5-14(4)16(12-19-11-13(2)3)9-15-7-6-8-17(18)10-15/h6-8,10,13-14,16,19H,5,9,11-12H2,1-4H3. The lowest BCUT2D eigenvalue weighted by atomic mass is 9.86. The summed E-state index contributed by atoms with van der Waals surface area (Å²) in [7, 11) is 0. The van der Waals surface area contributed by atoms with Crippen molar-refractivity contribution in [2.75, 3.05) is 13.1 Å². The minimum atomic E-state index is 0.683. The fourth-order valence-electron chi connectivity index (χ4n) is 2.33. The Hall–Kier alpha value is -0.530. The molecular weight excluding hydrogens is 254 g/mol. The average molecular weight is 282 g/mol. The Morgan fingerprint density at radius 1 is 1.16 bits per heavy atom. The summed E-state index contributed by atoms with van der Waals surface area (Å²) in [5.41, 5.74) is 1.35. The van der Waals surface area contributed by atoms with E-state index >= 15 is 0 Å². The van der Waals surface area contributed by atoms with Crippen molar-refractivity contribution in [1.82, 2.24) is 5.32 Å². The number of nitrogens with one attached hydrogen (secondary N) is 1. The van der Waals surface area contributed by atoms with Crippen LogP contribution in [0.25, 0.3) is 0 Å². The van der Waals surface area contributed by atoms with Gasteiger partial charge in [-0.15, -0.1) is 0 Å². The first kappa shape index (κ1) is 16.5. The van der Waals surface area contributed by atoms with Gasteiger partial charge in [-0.1, -0.05) is 57.8 Å². The second-order valence-corrected chi connectivity index (χ2v) is 6.47. The van der Waals surface area contributed by atoms with Crippen LogP contribution in [0.4, 0.5) is 0 Å². The Balaban J connectivity index is 2.58. The van der Waals surface area contributed by atoms with Crippen LogP contribution < -0.4 is 5.32 Å². The van der Waals surface area contributed by atoms with Gasteiger partial charge in [0.1, 0.15) is 0 Å². The van der Waals surface area contributed by atoms with Gasteiger partial charge in [0.05, 0.1) is 0 Å². The molecule has 1 N–H and O–H groups in total. The highest BCUT2D eigenvalue weighted by Gasteiger charge is 2.16. The number of hydrogen-bond donors (Lipinski definition) is 1. The third-order valence-electron chi connectivity index (χ3n) is 3.79. The molecule has 0 bridgehead atoms. The number of benzene rings is 1. The predicted octanol–water partition coefficient (Wildman–Crippen LogP) is 4.79. The van der Waals surface area contributed by atoms with E-state index in [1.165, 1.54) is 12.0 Å². The van der Waals surface area contributed by atoms with Crippen LogP contribution in [0.15, 0.2) is 24.3 Å². The summed E-state index contributed by atoms with van der Waals surface area (Å²) in [6.07, 6.45) is 2.34. The molecule has 0 radical (unpaired) electrons. The van der Waals surface area contributed by atoms with Crippen molar-refractivity contribution in [2.24, 2.45) is 17.8 Å². The van der Waals surface area contributed by atoms with Gasteiger partial charge in [-0.05, 0) is 55.0 Å². The maximum absolute atomic E-state index is 6.07. The molecule has 0 amide bonds. The quantitative estimate of drug-likeness (QED) is 0.722. The zero-order valence-electron chi connectivity index (χ0n) is 12.7. The summed E-state index contributed by atoms with van der Waals surface area (Å²) in [6, 6.07) is 8.27. The molecule has 2 atom stereocenters. The SMILES string of the molecule is CCC(C)C(CNCC(C)C)Cc1cccc(Cl)c1. The predicted molar refractivity (Wildman–Crippen MR) is 85.8 cm³/mol. The van der Waals surface area contributed by atoms with Gasteiger partial charge in [0.15, 0.2) is 0 Å². The zero-order chi connectivity index (χ0) is 14.3. The third kappa shape index (κ3) is 6.44. The van der Waals surface area contributed by atoms with Gasteiger partial charge in [-0.3, -0.25) is 0 Å². The Morgan fingerprint density at radius 2 is 1.89 bits per heavy atom. The number of hydrogen-bond acceptors (Lipinski definition) is 1. The van der Waals surface area contributed by atoms with Crippen molar-refractivity contribution in [3.8, 4) is 0 Å². The molecule has 2 heteroatoms. The van der Waals surface area contributed by atoms with Gasteiger partial charge in [-0.25, -0.2) is 0 Å². The number of halogens is 1. The highest BCUT2D eigenvalue weighted by molar-refractivity contribution is 6.30. The summed E-state index contributed by atoms with van der Waals surface area (Å²) in [4.78, 5) is 0. The fraction of sp³-hybridized carbons (Fsp3) is 0.647. The molecule has 1 rings (SSSR count). The van der Waals surface area contributed by atoms with E-state index in [2.05, 4.69) is 45.1 Å². The fourth-order valence-corrected chi connectivity index (χ4v) is 2.54. The highest BCUT2D eigenvalue weighted by Crippen LogP contribution is 2.21. The second-order valence-electron chi connectivity index (χ2n) is 6.03. The monoisotopic (exact) mass is 281 g/mol. The van der Waals surface area contributed by atoms with E-state index in [0.717, 1.165) is 30.5 Å². The molecule has 1 nitrogen and oxygen atoms in total. The lowest BCUT2D eigenvalue weighted by Gasteiger charge is -2.24. The minimum Gasteiger partial charge on any atom is -0.316 e. The Kier molecular flexibility index (Phi) is 7.48. The highest BCUT2D eigenvalue weighted by atomic mass is 35.5. The molecular formula is C17H28ClN. The van der Waals surface area contributed by atoms with Crippen molar-refractivity contribution in [3.63, 3.8) is 0 Å². The van der Waals surface area contributed by atoms with Gasteiger partial charge in [0.2, 0.25) is 0 Å². The largest absolute Gasteiger partial charge is 0.316 e. The van der Waals surface area contributed by atoms with Crippen molar-refractivity contribution >= 4 is 11.6 Å².